The number of hydrogen-bond acceptors (Lipinski definition) is 4. The number of aromatic nitrogens is 1. The molecule has 3 rings (SSSR count). The van der Waals surface area contributed by atoms with Crippen LogP contribution in [0.1, 0.15) is 21.7 Å². The predicted octanol–water partition coefficient (Wildman–Crippen LogP) is 3.12. The highest BCUT2D eigenvalue weighted by atomic mass is 16.5. The van der Waals surface area contributed by atoms with Crippen LogP contribution in [0.5, 0.6) is 5.75 Å². The van der Waals surface area contributed by atoms with Gasteiger partial charge < -0.3 is 14.5 Å². The van der Waals surface area contributed by atoms with Crippen LogP contribution in [0.4, 0.5) is 0 Å². The predicted molar refractivity (Wildman–Crippen MR) is 87.8 cm³/mol. The van der Waals surface area contributed by atoms with E-state index in [4.69, 9.17) is 9.15 Å². The molecule has 0 atom stereocenters. The standard InChI is InChI=1S/C18H18N2O3/c1-12-15-6-5-14(22-2)10-16(15)23-17(12)18(21)20-9-7-13-4-3-8-19-11-13/h3-6,8,10-11H,7,9H2,1-2H3,(H,20,21). The number of ether oxygens (including phenoxy) is 1. The summed E-state index contributed by atoms with van der Waals surface area (Å²) in [6, 6.07) is 9.41. The van der Waals surface area contributed by atoms with Gasteiger partial charge in [-0.2, -0.15) is 0 Å². The highest BCUT2D eigenvalue weighted by molar-refractivity contribution is 5.99. The number of benzene rings is 1. The van der Waals surface area contributed by atoms with Gasteiger partial charge in [0, 0.05) is 36.0 Å². The van der Waals surface area contributed by atoms with E-state index >= 15 is 0 Å². The molecule has 0 aliphatic heterocycles. The average molecular weight is 310 g/mol. The lowest BCUT2D eigenvalue weighted by molar-refractivity contribution is 0.0927. The maximum atomic E-state index is 12.3. The third-order valence-corrected chi connectivity index (χ3v) is 3.77. The van der Waals surface area contributed by atoms with Crippen molar-refractivity contribution < 1.29 is 13.9 Å². The fraction of sp³-hybridized carbons (Fsp3) is 0.222. The van der Waals surface area contributed by atoms with Crippen molar-refractivity contribution in [2.75, 3.05) is 13.7 Å². The first-order valence-corrected chi connectivity index (χ1v) is 7.43. The van der Waals surface area contributed by atoms with E-state index in [-0.39, 0.29) is 5.91 Å². The van der Waals surface area contributed by atoms with Gasteiger partial charge >= 0.3 is 0 Å². The Morgan fingerprint density at radius 1 is 1.35 bits per heavy atom. The Kier molecular flexibility index (Phi) is 4.28. The van der Waals surface area contributed by atoms with E-state index in [1.807, 2.05) is 31.2 Å². The molecule has 0 aliphatic rings. The zero-order valence-electron chi connectivity index (χ0n) is 13.1. The van der Waals surface area contributed by atoms with Crippen molar-refractivity contribution in [1.29, 1.82) is 0 Å². The smallest absolute Gasteiger partial charge is 0.287 e. The molecule has 2 heterocycles. The molecule has 0 saturated carbocycles. The molecule has 3 aromatic rings. The van der Waals surface area contributed by atoms with Gasteiger partial charge in [0.15, 0.2) is 5.76 Å². The first-order chi connectivity index (χ1) is 11.2. The van der Waals surface area contributed by atoms with Crippen molar-refractivity contribution in [1.82, 2.24) is 10.3 Å². The Morgan fingerprint density at radius 2 is 2.22 bits per heavy atom. The quantitative estimate of drug-likeness (QED) is 0.786. The van der Waals surface area contributed by atoms with E-state index in [0.717, 1.165) is 22.9 Å². The van der Waals surface area contributed by atoms with Crippen molar-refractivity contribution in [2.24, 2.45) is 0 Å². The lowest BCUT2D eigenvalue weighted by Crippen LogP contribution is -2.25. The number of methoxy groups -OCH3 is 1. The number of rotatable bonds is 5. The zero-order chi connectivity index (χ0) is 16.2. The van der Waals surface area contributed by atoms with Crippen molar-refractivity contribution in [2.45, 2.75) is 13.3 Å². The monoisotopic (exact) mass is 310 g/mol. The highest BCUT2D eigenvalue weighted by Gasteiger charge is 2.17. The fourth-order valence-electron chi connectivity index (χ4n) is 2.50. The SMILES string of the molecule is COc1ccc2c(C)c(C(=O)NCCc3cccnc3)oc2c1. The molecule has 0 fully saturated rings. The molecular weight excluding hydrogens is 292 g/mol. The van der Waals surface area contributed by atoms with E-state index in [2.05, 4.69) is 10.3 Å². The van der Waals surface area contributed by atoms with Crippen LogP contribution in [-0.4, -0.2) is 24.5 Å². The van der Waals surface area contributed by atoms with E-state index in [9.17, 15) is 4.79 Å². The Hall–Kier alpha value is -2.82. The lowest BCUT2D eigenvalue weighted by atomic mass is 10.1. The minimum Gasteiger partial charge on any atom is -0.497 e. The highest BCUT2D eigenvalue weighted by Crippen LogP contribution is 2.28. The van der Waals surface area contributed by atoms with Crippen LogP contribution in [0.15, 0.2) is 47.1 Å². The number of hydrogen-bond donors (Lipinski definition) is 1. The van der Waals surface area contributed by atoms with Gasteiger partial charge in [-0.3, -0.25) is 9.78 Å². The summed E-state index contributed by atoms with van der Waals surface area (Å²) in [6.45, 7) is 2.42. The van der Waals surface area contributed by atoms with Crippen LogP contribution in [0.3, 0.4) is 0 Å². The van der Waals surface area contributed by atoms with Crippen LogP contribution >= 0.6 is 0 Å². The number of carbonyl (C=O) groups is 1. The van der Waals surface area contributed by atoms with Crippen molar-refractivity contribution in [3.05, 3.63) is 59.6 Å². The van der Waals surface area contributed by atoms with Gasteiger partial charge in [0.25, 0.3) is 5.91 Å². The Morgan fingerprint density at radius 3 is 2.96 bits per heavy atom. The normalized spacial score (nSPS) is 10.7. The van der Waals surface area contributed by atoms with Crippen LogP contribution in [0, 0.1) is 6.92 Å². The summed E-state index contributed by atoms with van der Waals surface area (Å²) in [5.41, 5.74) is 2.57. The van der Waals surface area contributed by atoms with Crippen LogP contribution in [0.2, 0.25) is 0 Å². The second-order valence-corrected chi connectivity index (χ2v) is 5.29. The van der Waals surface area contributed by atoms with Gasteiger partial charge in [0.05, 0.1) is 7.11 Å². The third kappa shape index (κ3) is 3.18. The minimum atomic E-state index is -0.207. The topological polar surface area (TPSA) is 64.4 Å². The molecule has 1 aromatic carbocycles. The van der Waals surface area contributed by atoms with E-state index in [1.165, 1.54) is 0 Å². The molecule has 1 amide bonds. The average Bonchev–Trinajstić information content (AvgIpc) is 2.92. The molecule has 2 aromatic heterocycles. The summed E-state index contributed by atoms with van der Waals surface area (Å²) in [5.74, 6) is 0.843. The number of carbonyl (C=O) groups excluding carboxylic acids is 1. The minimum absolute atomic E-state index is 0.207. The second kappa shape index (κ2) is 6.52. The summed E-state index contributed by atoms with van der Waals surface area (Å²) < 4.78 is 10.9. The Bertz CT molecular complexity index is 825. The summed E-state index contributed by atoms with van der Waals surface area (Å²) in [5, 5.41) is 3.81. The van der Waals surface area contributed by atoms with Gasteiger partial charge in [-0.25, -0.2) is 0 Å². The van der Waals surface area contributed by atoms with Crippen molar-refractivity contribution in [3.8, 4) is 5.75 Å². The summed E-state index contributed by atoms with van der Waals surface area (Å²) in [7, 11) is 1.60. The fourth-order valence-corrected chi connectivity index (χ4v) is 2.50. The largest absolute Gasteiger partial charge is 0.497 e. The van der Waals surface area contributed by atoms with Gasteiger partial charge in [0.2, 0.25) is 0 Å². The first kappa shape index (κ1) is 15.1. The first-order valence-electron chi connectivity index (χ1n) is 7.43. The maximum Gasteiger partial charge on any atom is 0.287 e. The van der Waals surface area contributed by atoms with E-state index in [1.54, 1.807) is 25.6 Å². The molecule has 0 saturated heterocycles. The summed E-state index contributed by atoms with van der Waals surface area (Å²) in [4.78, 5) is 16.4. The molecule has 0 aliphatic carbocycles. The number of furan rings is 1. The van der Waals surface area contributed by atoms with Gasteiger partial charge in [-0.05, 0) is 37.1 Å². The molecular formula is C18H18N2O3. The second-order valence-electron chi connectivity index (χ2n) is 5.29. The lowest BCUT2D eigenvalue weighted by Gasteiger charge is -2.03. The number of pyridine rings is 1. The Balaban J connectivity index is 1.72. The number of aryl methyl sites for hydroxylation is 1. The molecule has 5 nitrogen and oxygen atoms in total. The van der Waals surface area contributed by atoms with E-state index < -0.39 is 0 Å². The van der Waals surface area contributed by atoms with E-state index in [0.29, 0.717) is 23.6 Å². The number of amides is 1. The van der Waals surface area contributed by atoms with Crippen LogP contribution in [0.25, 0.3) is 11.0 Å². The molecule has 118 valence electrons. The molecule has 0 radical (unpaired) electrons. The van der Waals surface area contributed by atoms with Crippen LogP contribution < -0.4 is 10.1 Å². The Labute approximate surface area is 134 Å². The van der Waals surface area contributed by atoms with Crippen LogP contribution in [-0.2, 0) is 6.42 Å². The number of nitrogens with zero attached hydrogens (tertiary/aromatic N) is 1. The molecule has 23 heavy (non-hydrogen) atoms. The maximum absolute atomic E-state index is 12.3. The van der Waals surface area contributed by atoms with Gasteiger partial charge in [0.1, 0.15) is 11.3 Å². The van der Waals surface area contributed by atoms with Gasteiger partial charge in [-0.1, -0.05) is 6.07 Å². The van der Waals surface area contributed by atoms with Crippen molar-refractivity contribution >= 4 is 16.9 Å². The molecule has 0 spiro atoms. The number of nitrogens with one attached hydrogen (secondary N) is 1. The number of fused-ring (bicyclic) bond motifs is 1. The van der Waals surface area contributed by atoms with Gasteiger partial charge in [-0.15, -0.1) is 0 Å². The molecule has 5 heteroatoms. The zero-order valence-corrected chi connectivity index (χ0v) is 13.1. The summed E-state index contributed by atoms with van der Waals surface area (Å²) in [6.07, 6.45) is 4.26. The third-order valence-electron chi connectivity index (χ3n) is 3.77. The summed E-state index contributed by atoms with van der Waals surface area (Å²) >= 11 is 0. The molecule has 1 N–H and O–H groups in total. The van der Waals surface area contributed by atoms with Crippen molar-refractivity contribution in [3.63, 3.8) is 0 Å². The molecule has 0 bridgehead atoms. The molecule has 0 unspecified atom stereocenters.